The summed E-state index contributed by atoms with van der Waals surface area (Å²) >= 11 is 0. The largest absolute Gasteiger partial charge is 0.259 e. The van der Waals surface area contributed by atoms with Crippen molar-refractivity contribution in [3.8, 4) is 0 Å². The molecule has 0 heterocycles. The second-order valence-corrected chi connectivity index (χ2v) is 3.86. The van der Waals surface area contributed by atoms with Gasteiger partial charge in [-0.2, -0.15) is 0 Å². The molecule has 3 heteroatoms. The first-order chi connectivity index (χ1) is 6.91. The van der Waals surface area contributed by atoms with Crippen molar-refractivity contribution >= 4 is 6.08 Å². The maximum atomic E-state index is 10.5. The molecule has 1 aromatic rings. The minimum Gasteiger partial charge on any atom is -0.259 e. The van der Waals surface area contributed by atoms with Crippen LogP contribution in [0.2, 0.25) is 0 Å². The minimum atomic E-state index is -0.362. The smallest absolute Gasteiger partial charge is 0.243 e. The maximum absolute atomic E-state index is 10.5. The Hall–Kier alpha value is -1.64. The predicted octanol–water partition coefficient (Wildman–Crippen LogP) is 3.25. The predicted molar refractivity (Wildman–Crippen MR) is 61.3 cm³/mol. The summed E-state index contributed by atoms with van der Waals surface area (Å²) in [6.45, 7) is 7.48. The van der Waals surface area contributed by atoms with Crippen LogP contribution >= 0.6 is 0 Å². The molecule has 1 aromatic carbocycles. The summed E-state index contributed by atoms with van der Waals surface area (Å²) in [4.78, 5) is 10.2. The molecule has 1 rings (SSSR count). The van der Waals surface area contributed by atoms with Crippen LogP contribution in [0, 0.1) is 30.9 Å². The topological polar surface area (TPSA) is 43.1 Å². The third-order valence-corrected chi connectivity index (χ3v) is 2.38. The summed E-state index contributed by atoms with van der Waals surface area (Å²) in [5.74, 6) is 0. The van der Waals surface area contributed by atoms with E-state index in [4.69, 9.17) is 0 Å². The third kappa shape index (κ3) is 2.65. The van der Waals surface area contributed by atoms with Crippen LogP contribution in [0.3, 0.4) is 0 Å². The standard InChI is InChI=1S/C12H15NO2/c1-8-5-9(2)12(10(3)6-8)7-11(4)13(14)15/h5-7H,1-4H3/b11-7-. The van der Waals surface area contributed by atoms with E-state index in [0.717, 1.165) is 16.7 Å². The van der Waals surface area contributed by atoms with E-state index >= 15 is 0 Å². The molecule has 0 amide bonds. The van der Waals surface area contributed by atoms with Gasteiger partial charge < -0.3 is 0 Å². The number of hydrogen-bond acceptors (Lipinski definition) is 2. The number of allylic oxidation sites excluding steroid dienone is 1. The zero-order chi connectivity index (χ0) is 11.6. The Morgan fingerprint density at radius 2 is 1.73 bits per heavy atom. The Kier molecular flexibility index (Phi) is 3.24. The highest BCUT2D eigenvalue weighted by Gasteiger charge is 2.06. The van der Waals surface area contributed by atoms with E-state index in [9.17, 15) is 10.1 Å². The van der Waals surface area contributed by atoms with Crippen molar-refractivity contribution in [2.75, 3.05) is 0 Å². The van der Waals surface area contributed by atoms with Crippen LogP contribution in [0.15, 0.2) is 17.8 Å². The van der Waals surface area contributed by atoms with Crippen LogP contribution in [0.25, 0.3) is 6.08 Å². The molecule has 0 atom stereocenters. The molecular formula is C12H15NO2. The fraction of sp³-hybridized carbons (Fsp3) is 0.333. The van der Waals surface area contributed by atoms with Gasteiger partial charge in [0.2, 0.25) is 5.70 Å². The highest BCUT2D eigenvalue weighted by Crippen LogP contribution is 2.19. The lowest BCUT2D eigenvalue weighted by molar-refractivity contribution is -0.422. The lowest BCUT2D eigenvalue weighted by Crippen LogP contribution is -1.95. The van der Waals surface area contributed by atoms with Crippen molar-refractivity contribution in [3.05, 3.63) is 50.2 Å². The van der Waals surface area contributed by atoms with Gasteiger partial charge in [0, 0.05) is 13.0 Å². The third-order valence-electron chi connectivity index (χ3n) is 2.38. The van der Waals surface area contributed by atoms with Crippen LogP contribution in [0.1, 0.15) is 29.2 Å². The summed E-state index contributed by atoms with van der Waals surface area (Å²) in [5, 5.41) is 10.5. The van der Waals surface area contributed by atoms with Gasteiger partial charge in [-0.25, -0.2) is 0 Å². The number of nitrogens with zero attached hydrogens (tertiary/aromatic N) is 1. The van der Waals surface area contributed by atoms with E-state index in [0.29, 0.717) is 0 Å². The van der Waals surface area contributed by atoms with Crippen molar-refractivity contribution in [1.82, 2.24) is 0 Å². The van der Waals surface area contributed by atoms with E-state index in [1.54, 1.807) is 6.08 Å². The zero-order valence-electron chi connectivity index (χ0n) is 9.50. The molecule has 0 saturated carbocycles. The van der Waals surface area contributed by atoms with Crippen LogP contribution in [0.5, 0.6) is 0 Å². The minimum absolute atomic E-state index is 0.171. The molecule has 3 nitrogen and oxygen atoms in total. The molecule has 15 heavy (non-hydrogen) atoms. The van der Waals surface area contributed by atoms with Crippen molar-refractivity contribution < 1.29 is 4.92 Å². The first kappa shape index (κ1) is 11.4. The molecule has 0 aromatic heterocycles. The highest BCUT2D eigenvalue weighted by molar-refractivity contribution is 5.59. The molecule has 0 aliphatic heterocycles. The maximum Gasteiger partial charge on any atom is 0.243 e. The fourth-order valence-electron chi connectivity index (χ4n) is 1.68. The average Bonchev–Trinajstić information content (AvgIpc) is 2.10. The van der Waals surface area contributed by atoms with E-state index < -0.39 is 0 Å². The Morgan fingerprint density at radius 1 is 1.27 bits per heavy atom. The number of hydrogen-bond donors (Lipinski definition) is 0. The summed E-state index contributed by atoms with van der Waals surface area (Å²) in [6.07, 6.45) is 1.63. The van der Waals surface area contributed by atoms with Gasteiger partial charge in [-0.1, -0.05) is 17.7 Å². The molecule has 0 N–H and O–H groups in total. The Morgan fingerprint density at radius 3 is 2.13 bits per heavy atom. The van der Waals surface area contributed by atoms with Gasteiger partial charge in [0.05, 0.1) is 4.92 Å². The normalized spacial score (nSPS) is 11.6. The second-order valence-electron chi connectivity index (χ2n) is 3.86. The van der Waals surface area contributed by atoms with Crippen LogP contribution in [0.4, 0.5) is 0 Å². The van der Waals surface area contributed by atoms with Crippen LogP contribution < -0.4 is 0 Å². The Balaban J connectivity index is 3.27. The van der Waals surface area contributed by atoms with Crippen molar-refractivity contribution in [3.63, 3.8) is 0 Å². The number of rotatable bonds is 2. The van der Waals surface area contributed by atoms with E-state index in [2.05, 4.69) is 0 Å². The quantitative estimate of drug-likeness (QED) is 0.549. The second kappa shape index (κ2) is 4.26. The van der Waals surface area contributed by atoms with Gasteiger partial charge in [-0.15, -0.1) is 0 Å². The van der Waals surface area contributed by atoms with Gasteiger partial charge in [0.15, 0.2) is 0 Å². The molecule has 0 unspecified atom stereocenters. The summed E-state index contributed by atoms with van der Waals surface area (Å²) in [5.41, 5.74) is 4.46. The molecule has 0 spiro atoms. The molecule has 0 aliphatic rings. The molecule has 0 saturated heterocycles. The van der Waals surface area contributed by atoms with Gasteiger partial charge >= 0.3 is 0 Å². The molecule has 0 fully saturated rings. The Bertz CT molecular complexity index is 410. The first-order valence-electron chi connectivity index (χ1n) is 4.82. The van der Waals surface area contributed by atoms with Crippen molar-refractivity contribution in [1.29, 1.82) is 0 Å². The van der Waals surface area contributed by atoms with Gasteiger partial charge in [0.1, 0.15) is 0 Å². The van der Waals surface area contributed by atoms with Crippen LogP contribution in [-0.4, -0.2) is 4.92 Å². The summed E-state index contributed by atoms with van der Waals surface area (Å²) in [7, 11) is 0. The van der Waals surface area contributed by atoms with Crippen molar-refractivity contribution in [2.45, 2.75) is 27.7 Å². The summed E-state index contributed by atoms with van der Waals surface area (Å²) in [6, 6.07) is 4.07. The summed E-state index contributed by atoms with van der Waals surface area (Å²) < 4.78 is 0. The number of benzene rings is 1. The fourth-order valence-corrected chi connectivity index (χ4v) is 1.68. The molecule has 0 aliphatic carbocycles. The number of nitro groups is 1. The van der Waals surface area contributed by atoms with E-state index in [1.807, 2.05) is 32.9 Å². The van der Waals surface area contributed by atoms with Crippen molar-refractivity contribution in [2.24, 2.45) is 0 Å². The zero-order valence-corrected chi connectivity index (χ0v) is 9.50. The van der Waals surface area contributed by atoms with Gasteiger partial charge in [-0.3, -0.25) is 10.1 Å². The number of aryl methyl sites for hydroxylation is 3. The average molecular weight is 205 g/mol. The molecule has 0 bridgehead atoms. The molecular weight excluding hydrogens is 190 g/mol. The SMILES string of the molecule is C/C(=C/c1c(C)cc(C)cc1C)[N+](=O)[O-]. The monoisotopic (exact) mass is 205 g/mol. The van der Waals surface area contributed by atoms with Gasteiger partial charge in [0.25, 0.3) is 0 Å². The molecule has 80 valence electrons. The lowest BCUT2D eigenvalue weighted by atomic mass is 9.99. The van der Waals surface area contributed by atoms with Gasteiger partial charge in [-0.05, 0) is 37.5 Å². The highest BCUT2D eigenvalue weighted by atomic mass is 16.6. The van der Waals surface area contributed by atoms with E-state index in [1.165, 1.54) is 12.5 Å². The van der Waals surface area contributed by atoms with Crippen LogP contribution in [-0.2, 0) is 0 Å². The van der Waals surface area contributed by atoms with E-state index in [-0.39, 0.29) is 10.6 Å². The first-order valence-corrected chi connectivity index (χ1v) is 4.82. The lowest BCUT2D eigenvalue weighted by Gasteiger charge is -2.06. The molecule has 0 radical (unpaired) electrons. The Labute approximate surface area is 89.6 Å².